The monoisotopic (exact) mass is 345 g/mol. The molecule has 0 spiro atoms. The van der Waals surface area contributed by atoms with Crippen molar-refractivity contribution in [3.63, 3.8) is 0 Å². The first kappa shape index (κ1) is 17.0. The summed E-state index contributed by atoms with van der Waals surface area (Å²) in [5.41, 5.74) is 6.01. The number of anilines is 1. The molecule has 1 fully saturated rings. The topological polar surface area (TPSA) is 91.9 Å². The Labute approximate surface area is 135 Å². The second kappa shape index (κ2) is 6.41. The minimum Gasteiger partial charge on any atom is -0.370 e. The number of aliphatic imine (C=N–C) groups is 1. The van der Waals surface area contributed by atoms with Crippen LogP contribution in [-0.2, 0) is 9.84 Å². The van der Waals surface area contributed by atoms with Crippen LogP contribution in [0.1, 0.15) is 13.8 Å². The van der Waals surface area contributed by atoms with Gasteiger partial charge in [0.05, 0.1) is 11.3 Å². The summed E-state index contributed by atoms with van der Waals surface area (Å²) in [4.78, 5) is 12.8. The molecule has 7 nitrogen and oxygen atoms in total. The molecule has 0 atom stereocenters. The summed E-state index contributed by atoms with van der Waals surface area (Å²) >= 11 is 1.62. The van der Waals surface area contributed by atoms with Gasteiger partial charge in [0.15, 0.2) is 20.9 Å². The molecule has 1 aliphatic rings. The number of nitrogens with two attached hydrogens (primary N) is 1. The predicted octanol–water partition coefficient (Wildman–Crippen LogP) is 0.403. The third-order valence-corrected chi connectivity index (χ3v) is 6.89. The van der Waals surface area contributed by atoms with Gasteiger partial charge in [-0.3, -0.25) is 4.99 Å². The highest BCUT2D eigenvalue weighted by Crippen LogP contribution is 2.19. The van der Waals surface area contributed by atoms with Crippen molar-refractivity contribution in [1.82, 2.24) is 9.88 Å². The zero-order valence-corrected chi connectivity index (χ0v) is 14.8. The maximum Gasteiger partial charge on any atom is 0.191 e. The number of rotatable bonds is 4. The first-order valence-electron chi connectivity index (χ1n) is 7.09. The molecule has 1 aromatic heterocycles. The van der Waals surface area contributed by atoms with Crippen molar-refractivity contribution in [1.29, 1.82) is 0 Å². The van der Waals surface area contributed by atoms with Gasteiger partial charge in [0.1, 0.15) is 0 Å². The summed E-state index contributed by atoms with van der Waals surface area (Å²) in [6, 6.07) is 0. The molecular weight excluding hydrogens is 322 g/mol. The Morgan fingerprint density at radius 1 is 1.41 bits per heavy atom. The molecule has 0 unspecified atom stereocenters. The second-order valence-electron chi connectivity index (χ2n) is 6.00. The van der Waals surface area contributed by atoms with Gasteiger partial charge in [0.2, 0.25) is 0 Å². The number of aromatic nitrogens is 1. The van der Waals surface area contributed by atoms with Crippen molar-refractivity contribution in [2.45, 2.75) is 18.6 Å². The van der Waals surface area contributed by atoms with Crippen LogP contribution in [0.4, 0.5) is 5.13 Å². The number of sulfone groups is 1. The van der Waals surface area contributed by atoms with Gasteiger partial charge in [-0.05, 0) is 13.8 Å². The molecule has 1 saturated heterocycles. The zero-order chi connectivity index (χ0) is 16.4. The Morgan fingerprint density at radius 2 is 2.05 bits per heavy atom. The Kier molecular flexibility index (Phi) is 4.96. The van der Waals surface area contributed by atoms with Crippen molar-refractivity contribution in [3.05, 3.63) is 11.6 Å². The lowest BCUT2D eigenvalue weighted by Crippen LogP contribution is -2.51. The van der Waals surface area contributed by atoms with Crippen molar-refractivity contribution >= 4 is 32.3 Å². The van der Waals surface area contributed by atoms with E-state index in [0.717, 1.165) is 31.3 Å². The van der Waals surface area contributed by atoms with Crippen LogP contribution in [0.2, 0.25) is 0 Å². The standard InChI is InChI=1S/C13H23N5O2S2/c1-13(2,22(3,19)20)10-16-11(14)17-5-7-18(8-6-17)12-15-4-9-21-12/h4,9H,5-8,10H2,1-3H3,(H2,14,16). The molecule has 0 radical (unpaired) electrons. The van der Waals surface area contributed by atoms with Crippen molar-refractivity contribution in [3.8, 4) is 0 Å². The smallest absolute Gasteiger partial charge is 0.191 e. The Bertz CT molecular complexity index is 617. The van der Waals surface area contributed by atoms with Crippen LogP contribution in [0, 0.1) is 0 Å². The molecule has 124 valence electrons. The largest absolute Gasteiger partial charge is 0.370 e. The molecule has 0 saturated carbocycles. The zero-order valence-electron chi connectivity index (χ0n) is 13.2. The van der Waals surface area contributed by atoms with Crippen molar-refractivity contribution in [2.75, 3.05) is 43.9 Å². The van der Waals surface area contributed by atoms with E-state index in [0.29, 0.717) is 5.96 Å². The highest BCUT2D eigenvalue weighted by molar-refractivity contribution is 7.92. The highest BCUT2D eigenvalue weighted by Gasteiger charge is 2.30. The Hall–Kier alpha value is -1.35. The molecule has 0 bridgehead atoms. The molecular formula is C13H23N5O2S2. The van der Waals surface area contributed by atoms with Crippen LogP contribution < -0.4 is 10.6 Å². The van der Waals surface area contributed by atoms with E-state index in [9.17, 15) is 8.42 Å². The third-order valence-electron chi connectivity index (χ3n) is 3.92. The fourth-order valence-electron chi connectivity index (χ4n) is 1.99. The summed E-state index contributed by atoms with van der Waals surface area (Å²) in [6.45, 7) is 6.68. The lowest BCUT2D eigenvalue weighted by atomic mass is 10.2. The fourth-order valence-corrected chi connectivity index (χ4v) is 2.98. The van der Waals surface area contributed by atoms with Gasteiger partial charge < -0.3 is 15.5 Å². The van der Waals surface area contributed by atoms with Gasteiger partial charge in [-0.2, -0.15) is 0 Å². The van der Waals surface area contributed by atoms with Crippen molar-refractivity contribution in [2.24, 2.45) is 10.7 Å². The minimum atomic E-state index is -3.16. The fraction of sp³-hybridized carbons (Fsp3) is 0.692. The average Bonchev–Trinajstić information content (AvgIpc) is 2.98. The number of guanidine groups is 1. The normalized spacial score (nSPS) is 17.9. The molecule has 22 heavy (non-hydrogen) atoms. The van der Waals surface area contributed by atoms with Gasteiger partial charge >= 0.3 is 0 Å². The predicted molar refractivity (Wildman–Crippen MR) is 91.3 cm³/mol. The number of nitrogens with zero attached hydrogens (tertiary/aromatic N) is 4. The molecule has 2 N–H and O–H groups in total. The number of hydrogen-bond acceptors (Lipinski definition) is 6. The Balaban J connectivity index is 1.92. The SMILES string of the molecule is CC(C)(CN=C(N)N1CCN(c2nccs2)CC1)S(C)(=O)=O. The van der Waals surface area contributed by atoms with Gasteiger partial charge in [-0.15, -0.1) is 11.3 Å². The summed E-state index contributed by atoms with van der Waals surface area (Å²) in [5.74, 6) is 0.413. The van der Waals surface area contributed by atoms with E-state index in [1.807, 2.05) is 10.3 Å². The van der Waals surface area contributed by atoms with Crippen LogP contribution in [0.25, 0.3) is 0 Å². The van der Waals surface area contributed by atoms with Crippen molar-refractivity contribution < 1.29 is 8.42 Å². The summed E-state index contributed by atoms with van der Waals surface area (Å²) in [6.07, 6.45) is 3.03. The number of piperazine rings is 1. The van der Waals surface area contributed by atoms with Crippen LogP contribution in [0.5, 0.6) is 0 Å². The van der Waals surface area contributed by atoms with Gasteiger partial charge in [-0.1, -0.05) is 0 Å². The van der Waals surface area contributed by atoms with Gasteiger partial charge in [-0.25, -0.2) is 13.4 Å². The molecule has 1 aromatic rings. The van der Waals surface area contributed by atoms with Crippen LogP contribution in [-0.4, -0.2) is 68.0 Å². The maximum atomic E-state index is 11.7. The Morgan fingerprint density at radius 3 is 2.55 bits per heavy atom. The second-order valence-corrected chi connectivity index (χ2v) is 9.52. The van der Waals surface area contributed by atoms with Crippen LogP contribution in [0.15, 0.2) is 16.6 Å². The molecule has 1 aliphatic heterocycles. The van der Waals surface area contributed by atoms with E-state index in [2.05, 4.69) is 14.9 Å². The van der Waals surface area contributed by atoms with Crippen LogP contribution >= 0.6 is 11.3 Å². The lowest BCUT2D eigenvalue weighted by Gasteiger charge is -2.35. The number of thiazole rings is 1. The number of hydrogen-bond donors (Lipinski definition) is 1. The van der Waals surface area contributed by atoms with Crippen LogP contribution in [0.3, 0.4) is 0 Å². The van der Waals surface area contributed by atoms with Gasteiger partial charge in [0, 0.05) is 44.0 Å². The van der Waals surface area contributed by atoms with E-state index in [1.54, 1.807) is 31.4 Å². The molecule has 0 aliphatic carbocycles. The molecule has 2 rings (SSSR count). The highest BCUT2D eigenvalue weighted by atomic mass is 32.2. The molecule has 9 heteroatoms. The van der Waals surface area contributed by atoms with E-state index in [-0.39, 0.29) is 6.54 Å². The first-order chi connectivity index (χ1) is 10.2. The van der Waals surface area contributed by atoms with E-state index in [4.69, 9.17) is 5.73 Å². The average molecular weight is 345 g/mol. The van der Waals surface area contributed by atoms with E-state index < -0.39 is 14.6 Å². The summed E-state index contributed by atoms with van der Waals surface area (Å²) in [5, 5.41) is 2.98. The lowest BCUT2D eigenvalue weighted by molar-refractivity contribution is 0.380. The summed E-state index contributed by atoms with van der Waals surface area (Å²) < 4.78 is 22.5. The minimum absolute atomic E-state index is 0.171. The first-order valence-corrected chi connectivity index (χ1v) is 9.87. The summed E-state index contributed by atoms with van der Waals surface area (Å²) in [7, 11) is -3.16. The quantitative estimate of drug-likeness (QED) is 0.627. The molecule has 0 aromatic carbocycles. The maximum absolute atomic E-state index is 11.7. The molecule has 2 heterocycles. The third kappa shape index (κ3) is 3.89. The van der Waals surface area contributed by atoms with E-state index in [1.165, 1.54) is 6.26 Å². The van der Waals surface area contributed by atoms with Gasteiger partial charge in [0.25, 0.3) is 0 Å². The molecule has 0 amide bonds. The van der Waals surface area contributed by atoms with E-state index >= 15 is 0 Å².